The van der Waals surface area contributed by atoms with E-state index in [2.05, 4.69) is 0 Å². The van der Waals surface area contributed by atoms with Crippen LogP contribution in [0.15, 0.2) is 42.5 Å². The Kier molecular flexibility index (Phi) is 3.49. The number of fused-ring (bicyclic) bond motifs is 3. The molecule has 124 valence electrons. The lowest BCUT2D eigenvalue weighted by atomic mass is 10.0. The molecule has 1 amide bonds. The molecule has 2 aromatic rings. The average molecular weight is 335 g/mol. The molecule has 1 aliphatic rings. The van der Waals surface area contributed by atoms with Crippen molar-refractivity contribution >= 4 is 17.4 Å². The van der Waals surface area contributed by atoms with Crippen LogP contribution in [0.25, 0.3) is 11.1 Å². The largest absolute Gasteiger partial charge is 0.426 e. The van der Waals surface area contributed by atoms with Crippen molar-refractivity contribution < 1.29 is 27.9 Å². The molecule has 0 saturated heterocycles. The molecule has 0 aromatic heterocycles. The molecule has 7 heteroatoms. The van der Waals surface area contributed by atoms with Crippen LogP contribution in [0.1, 0.15) is 22.8 Å². The number of rotatable bonds is 2. The fourth-order valence-corrected chi connectivity index (χ4v) is 2.55. The lowest BCUT2D eigenvalue weighted by Crippen LogP contribution is -2.52. The second-order valence-electron chi connectivity index (χ2n) is 5.63. The minimum atomic E-state index is -5.14. The third kappa shape index (κ3) is 2.28. The Balaban J connectivity index is 2.02. The van der Waals surface area contributed by atoms with Crippen LogP contribution in [0.5, 0.6) is 0 Å². The Morgan fingerprint density at radius 1 is 1.00 bits per heavy atom. The van der Waals surface area contributed by atoms with Crippen molar-refractivity contribution in [3.05, 3.63) is 53.6 Å². The van der Waals surface area contributed by atoms with Gasteiger partial charge in [-0.25, -0.2) is 0 Å². The molecular formula is C17H12F3NO3. The van der Waals surface area contributed by atoms with E-state index >= 15 is 0 Å². The van der Waals surface area contributed by atoms with Crippen LogP contribution in [0, 0.1) is 0 Å². The summed E-state index contributed by atoms with van der Waals surface area (Å²) in [6.45, 7) is 0.363. The van der Waals surface area contributed by atoms with Crippen LogP contribution in [0.3, 0.4) is 0 Å². The Morgan fingerprint density at radius 2 is 1.58 bits per heavy atom. The number of alkyl halides is 3. The molecule has 1 unspecified atom stereocenters. The Hall–Kier alpha value is -2.67. The summed E-state index contributed by atoms with van der Waals surface area (Å²) >= 11 is 0. The van der Waals surface area contributed by atoms with Crippen LogP contribution in [0.4, 0.5) is 18.9 Å². The zero-order valence-electron chi connectivity index (χ0n) is 12.4. The predicted molar refractivity (Wildman–Crippen MR) is 80.6 cm³/mol. The van der Waals surface area contributed by atoms with E-state index < -0.39 is 17.7 Å². The predicted octanol–water partition coefficient (Wildman–Crippen LogP) is 3.15. The number of nitrogens with one attached hydrogen (secondary N) is 1. The van der Waals surface area contributed by atoms with Crippen molar-refractivity contribution in [3.63, 3.8) is 0 Å². The summed E-state index contributed by atoms with van der Waals surface area (Å²) in [6.07, 6.45) is -5.14. The van der Waals surface area contributed by atoms with Gasteiger partial charge in [0.05, 0.1) is 11.3 Å². The number of aliphatic hydroxyl groups is 1. The average Bonchev–Trinajstić information content (AvgIpc) is 2.81. The number of amides is 1. The Morgan fingerprint density at radius 3 is 2.21 bits per heavy atom. The molecule has 0 heterocycles. The molecule has 0 aliphatic heterocycles. The van der Waals surface area contributed by atoms with Gasteiger partial charge in [0.1, 0.15) is 0 Å². The summed E-state index contributed by atoms with van der Waals surface area (Å²) in [5.41, 5.74) is -1.93. The number of hydrogen-bond donors (Lipinski definition) is 2. The number of benzene rings is 2. The van der Waals surface area contributed by atoms with Gasteiger partial charge in [0.25, 0.3) is 5.91 Å². The Labute approximate surface area is 134 Å². The van der Waals surface area contributed by atoms with E-state index in [1.807, 2.05) is 5.32 Å². The van der Waals surface area contributed by atoms with E-state index in [0.717, 1.165) is 0 Å². The molecule has 1 atom stereocenters. The summed E-state index contributed by atoms with van der Waals surface area (Å²) in [7, 11) is 0. The number of hydrogen-bond acceptors (Lipinski definition) is 3. The van der Waals surface area contributed by atoms with Gasteiger partial charge in [-0.2, -0.15) is 13.2 Å². The maximum absolute atomic E-state index is 12.8. The van der Waals surface area contributed by atoms with Gasteiger partial charge in [0.15, 0.2) is 5.78 Å². The molecule has 0 spiro atoms. The van der Waals surface area contributed by atoms with Gasteiger partial charge in [0.2, 0.25) is 5.60 Å². The molecule has 0 bridgehead atoms. The molecule has 0 saturated carbocycles. The zero-order valence-corrected chi connectivity index (χ0v) is 12.4. The second-order valence-corrected chi connectivity index (χ2v) is 5.63. The van der Waals surface area contributed by atoms with E-state index in [1.165, 1.54) is 12.1 Å². The molecule has 2 N–H and O–H groups in total. The van der Waals surface area contributed by atoms with Gasteiger partial charge in [-0.1, -0.05) is 36.4 Å². The third-order valence-electron chi connectivity index (χ3n) is 4.00. The van der Waals surface area contributed by atoms with Gasteiger partial charge in [-0.3, -0.25) is 9.59 Å². The highest BCUT2D eigenvalue weighted by Crippen LogP contribution is 2.40. The highest BCUT2D eigenvalue weighted by atomic mass is 19.4. The van der Waals surface area contributed by atoms with Crippen molar-refractivity contribution in [1.82, 2.24) is 0 Å². The molecular weight excluding hydrogens is 323 g/mol. The fraction of sp³-hybridized carbons (Fsp3) is 0.176. The summed E-state index contributed by atoms with van der Waals surface area (Å²) < 4.78 is 38.3. The maximum Gasteiger partial charge on any atom is 0.426 e. The first kappa shape index (κ1) is 16.2. The summed E-state index contributed by atoms with van der Waals surface area (Å²) in [5.74, 6) is -2.03. The van der Waals surface area contributed by atoms with Crippen molar-refractivity contribution in [2.45, 2.75) is 18.7 Å². The van der Waals surface area contributed by atoms with Crippen LogP contribution < -0.4 is 5.32 Å². The van der Waals surface area contributed by atoms with E-state index in [4.69, 9.17) is 0 Å². The van der Waals surface area contributed by atoms with Gasteiger partial charge in [-0.15, -0.1) is 0 Å². The van der Waals surface area contributed by atoms with E-state index in [9.17, 15) is 27.9 Å². The minimum Gasteiger partial charge on any atom is -0.373 e. The monoisotopic (exact) mass is 335 g/mol. The highest BCUT2D eigenvalue weighted by molar-refractivity contribution is 6.25. The molecule has 2 aromatic carbocycles. The van der Waals surface area contributed by atoms with Crippen LogP contribution in [-0.2, 0) is 4.79 Å². The van der Waals surface area contributed by atoms with E-state index in [-0.39, 0.29) is 17.0 Å². The second kappa shape index (κ2) is 5.17. The fourth-order valence-electron chi connectivity index (χ4n) is 2.55. The molecule has 3 rings (SSSR count). The maximum atomic E-state index is 12.8. The number of anilines is 1. The van der Waals surface area contributed by atoms with Crippen LogP contribution >= 0.6 is 0 Å². The lowest BCUT2D eigenvalue weighted by molar-refractivity contribution is -0.242. The molecule has 0 radical (unpaired) electrons. The number of ketones is 1. The zero-order chi connectivity index (χ0) is 17.7. The Bertz CT molecular complexity index is 856. The topological polar surface area (TPSA) is 66.4 Å². The standard InChI is InChI=1S/C17H12F3NO3/c1-16(24,17(18,19)20)15(23)21-12-8-4-7-10-9-5-2-3-6-11(9)14(22)13(10)12/h2-8,24H,1H3,(H,21,23). The van der Waals surface area contributed by atoms with Gasteiger partial charge < -0.3 is 10.4 Å². The normalized spacial score (nSPS) is 15.5. The third-order valence-corrected chi connectivity index (χ3v) is 4.00. The van der Waals surface area contributed by atoms with E-state index in [0.29, 0.717) is 23.6 Å². The summed E-state index contributed by atoms with van der Waals surface area (Å²) in [5, 5.41) is 11.5. The first-order chi connectivity index (χ1) is 11.1. The van der Waals surface area contributed by atoms with Gasteiger partial charge in [0, 0.05) is 5.56 Å². The first-order valence-corrected chi connectivity index (χ1v) is 7.02. The quantitative estimate of drug-likeness (QED) is 0.756. The first-order valence-electron chi connectivity index (χ1n) is 7.02. The van der Waals surface area contributed by atoms with Gasteiger partial charge >= 0.3 is 6.18 Å². The van der Waals surface area contributed by atoms with Crippen molar-refractivity contribution in [1.29, 1.82) is 0 Å². The van der Waals surface area contributed by atoms with Crippen LogP contribution in [0.2, 0.25) is 0 Å². The molecule has 24 heavy (non-hydrogen) atoms. The highest BCUT2D eigenvalue weighted by Gasteiger charge is 2.56. The van der Waals surface area contributed by atoms with Crippen LogP contribution in [-0.4, -0.2) is 28.6 Å². The SMILES string of the molecule is CC(O)(C(=O)Nc1cccc2c1C(=O)c1ccccc1-2)C(F)(F)F. The number of carbonyl (C=O) groups is 2. The molecule has 1 aliphatic carbocycles. The smallest absolute Gasteiger partial charge is 0.373 e. The molecule has 4 nitrogen and oxygen atoms in total. The molecule has 0 fully saturated rings. The van der Waals surface area contributed by atoms with E-state index in [1.54, 1.807) is 30.3 Å². The summed E-state index contributed by atoms with van der Waals surface area (Å²) in [6, 6.07) is 11.2. The van der Waals surface area contributed by atoms with Crippen molar-refractivity contribution in [3.8, 4) is 11.1 Å². The summed E-state index contributed by atoms with van der Waals surface area (Å²) in [4.78, 5) is 24.4. The minimum absolute atomic E-state index is 0.0665. The van der Waals surface area contributed by atoms with Crippen molar-refractivity contribution in [2.24, 2.45) is 0 Å². The van der Waals surface area contributed by atoms with Crippen molar-refractivity contribution in [2.75, 3.05) is 5.32 Å². The number of halogens is 3. The van der Waals surface area contributed by atoms with Gasteiger partial charge in [-0.05, 0) is 24.1 Å². The lowest BCUT2D eigenvalue weighted by Gasteiger charge is -2.25. The number of carbonyl (C=O) groups excluding carboxylic acids is 2.